The Kier molecular flexibility index (Phi) is 9.43. The summed E-state index contributed by atoms with van der Waals surface area (Å²) in [6.45, 7) is 11.2. The highest BCUT2D eigenvalue weighted by Gasteiger charge is 2.24. The molecule has 3 aromatic carbocycles. The van der Waals surface area contributed by atoms with Gasteiger partial charge in [0.25, 0.3) is 5.91 Å². The van der Waals surface area contributed by atoms with E-state index in [2.05, 4.69) is 27.7 Å². The number of carbonyl (C=O) groups is 2. The van der Waals surface area contributed by atoms with Crippen molar-refractivity contribution < 1.29 is 14.0 Å². The predicted octanol–water partition coefficient (Wildman–Crippen LogP) is 6.87. The van der Waals surface area contributed by atoms with Crippen LogP contribution in [0.25, 0.3) is 11.0 Å². The zero-order valence-electron chi connectivity index (χ0n) is 24.8. The second-order valence-electron chi connectivity index (χ2n) is 11.7. The molecule has 0 spiro atoms. The van der Waals surface area contributed by atoms with Crippen molar-refractivity contribution in [2.45, 2.75) is 66.0 Å². The van der Waals surface area contributed by atoms with E-state index in [0.717, 1.165) is 29.5 Å². The van der Waals surface area contributed by atoms with Crippen LogP contribution in [0.5, 0.6) is 0 Å². The summed E-state index contributed by atoms with van der Waals surface area (Å²) in [5.41, 5.74) is 4.33. The standard InChI is InChI=1S/C35H40N2O4/c1-6-7-19-36(34(40)27-14-16-29(17-15-27)35(3,4)5)23-32(38)37(21-26-11-9-8-10-12-26)22-28-24-41-31-18-13-25(2)20-30(31)33(28)39/h8-18,20,24H,6-7,19,21-23H2,1-5H3. The van der Waals surface area contributed by atoms with Gasteiger partial charge < -0.3 is 14.2 Å². The molecule has 0 N–H and O–H groups in total. The summed E-state index contributed by atoms with van der Waals surface area (Å²) in [5.74, 6) is -0.402. The van der Waals surface area contributed by atoms with Crippen LogP contribution in [0.1, 0.15) is 73.1 Å². The Morgan fingerprint density at radius 1 is 0.878 bits per heavy atom. The molecule has 1 aromatic heterocycles. The molecule has 0 aliphatic carbocycles. The fourth-order valence-corrected chi connectivity index (χ4v) is 4.80. The molecule has 0 radical (unpaired) electrons. The lowest BCUT2D eigenvalue weighted by molar-refractivity contribution is -0.133. The van der Waals surface area contributed by atoms with Crippen LogP contribution in [0.15, 0.2) is 88.3 Å². The van der Waals surface area contributed by atoms with Crippen LogP contribution in [0.3, 0.4) is 0 Å². The Hall–Kier alpha value is -4.19. The Balaban J connectivity index is 1.62. The van der Waals surface area contributed by atoms with E-state index in [-0.39, 0.29) is 35.7 Å². The van der Waals surface area contributed by atoms with Gasteiger partial charge in [0.15, 0.2) is 5.43 Å². The molecule has 0 aliphatic heterocycles. The lowest BCUT2D eigenvalue weighted by atomic mass is 9.86. The van der Waals surface area contributed by atoms with Crippen LogP contribution in [-0.4, -0.2) is 34.7 Å². The maximum atomic E-state index is 13.9. The van der Waals surface area contributed by atoms with Gasteiger partial charge in [-0.15, -0.1) is 0 Å². The van der Waals surface area contributed by atoms with E-state index in [9.17, 15) is 14.4 Å². The maximum absolute atomic E-state index is 13.9. The van der Waals surface area contributed by atoms with Crippen molar-refractivity contribution in [2.75, 3.05) is 13.1 Å². The molecule has 1 heterocycles. The SMILES string of the molecule is CCCCN(CC(=O)N(Cc1ccccc1)Cc1coc2ccc(C)cc2c1=O)C(=O)c1ccc(C(C)(C)C)cc1. The molecule has 0 saturated heterocycles. The first-order chi connectivity index (χ1) is 19.6. The number of aryl methyl sites for hydroxylation is 1. The van der Waals surface area contributed by atoms with Gasteiger partial charge in [0, 0.05) is 18.7 Å². The highest BCUT2D eigenvalue weighted by Crippen LogP contribution is 2.23. The zero-order valence-corrected chi connectivity index (χ0v) is 24.8. The van der Waals surface area contributed by atoms with Crippen molar-refractivity contribution in [3.63, 3.8) is 0 Å². The average Bonchev–Trinajstić information content (AvgIpc) is 2.96. The Labute approximate surface area is 242 Å². The molecule has 0 atom stereocenters. The van der Waals surface area contributed by atoms with E-state index in [1.807, 2.05) is 73.7 Å². The van der Waals surface area contributed by atoms with Gasteiger partial charge in [0.2, 0.25) is 5.91 Å². The minimum absolute atomic E-state index is 0.0223. The number of nitrogens with zero attached hydrogens (tertiary/aromatic N) is 2. The second kappa shape index (κ2) is 13.0. The zero-order chi connectivity index (χ0) is 29.6. The number of hydrogen-bond donors (Lipinski definition) is 0. The van der Waals surface area contributed by atoms with E-state index in [4.69, 9.17) is 4.42 Å². The van der Waals surface area contributed by atoms with Gasteiger partial charge in [0.05, 0.1) is 23.8 Å². The van der Waals surface area contributed by atoms with Gasteiger partial charge in [-0.2, -0.15) is 0 Å². The molecule has 2 amide bonds. The summed E-state index contributed by atoms with van der Waals surface area (Å²) < 4.78 is 5.77. The molecule has 6 nitrogen and oxygen atoms in total. The number of carbonyl (C=O) groups excluding carboxylic acids is 2. The molecule has 0 unspecified atom stereocenters. The maximum Gasteiger partial charge on any atom is 0.254 e. The minimum Gasteiger partial charge on any atom is -0.464 e. The number of hydrogen-bond acceptors (Lipinski definition) is 4. The van der Waals surface area contributed by atoms with Gasteiger partial charge in [-0.25, -0.2) is 0 Å². The molecule has 0 aliphatic rings. The summed E-state index contributed by atoms with van der Waals surface area (Å²) in [7, 11) is 0. The van der Waals surface area contributed by atoms with Crippen LogP contribution >= 0.6 is 0 Å². The van der Waals surface area contributed by atoms with Crippen LogP contribution in [-0.2, 0) is 23.3 Å². The van der Waals surface area contributed by atoms with Crippen LogP contribution in [0, 0.1) is 6.92 Å². The Morgan fingerprint density at radius 3 is 2.24 bits per heavy atom. The summed E-state index contributed by atoms with van der Waals surface area (Å²) in [5, 5.41) is 0.494. The molecule has 0 saturated carbocycles. The topological polar surface area (TPSA) is 70.8 Å². The Bertz CT molecular complexity index is 1550. The number of fused-ring (bicyclic) bond motifs is 1. The van der Waals surface area contributed by atoms with E-state index >= 15 is 0 Å². The number of amides is 2. The predicted molar refractivity (Wildman–Crippen MR) is 164 cm³/mol. The summed E-state index contributed by atoms with van der Waals surface area (Å²) in [6, 6.07) is 22.8. The fourth-order valence-electron chi connectivity index (χ4n) is 4.80. The van der Waals surface area contributed by atoms with Crippen LogP contribution in [0.4, 0.5) is 0 Å². The van der Waals surface area contributed by atoms with Gasteiger partial charge in [-0.1, -0.05) is 88.2 Å². The third-order valence-electron chi connectivity index (χ3n) is 7.32. The molecular formula is C35H40N2O4. The third-order valence-corrected chi connectivity index (χ3v) is 7.32. The molecule has 214 valence electrons. The molecule has 0 bridgehead atoms. The highest BCUT2D eigenvalue weighted by molar-refractivity contribution is 5.96. The lowest BCUT2D eigenvalue weighted by Gasteiger charge is -2.28. The molecule has 41 heavy (non-hydrogen) atoms. The van der Waals surface area contributed by atoms with Gasteiger partial charge >= 0.3 is 0 Å². The van der Waals surface area contributed by atoms with Gasteiger partial charge in [0.1, 0.15) is 12.1 Å². The van der Waals surface area contributed by atoms with Crippen molar-refractivity contribution in [3.8, 4) is 0 Å². The van der Waals surface area contributed by atoms with Crippen molar-refractivity contribution in [1.82, 2.24) is 9.80 Å². The molecule has 4 rings (SSSR count). The van der Waals surface area contributed by atoms with E-state index in [0.29, 0.717) is 35.2 Å². The largest absolute Gasteiger partial charge is 0.464 e. The molecule has 0 fully saturated rings. The summed E-state index contributed by atoms with van der Waals surface area (Å²) in [4.78, 5) is 44.1. The molecule has 4 aromatic rings. The average molecular weight is 553 g/mol. The number of benzene rings is 3. The minimum atomic E-state index is -0.228. The van der Waals surface area contributed by atoms with Crippen molar-refractivity contribution in [2.24, 2.45) is 0 Å². The fraction of sp³-hybridized carbons (Fsp3) is 0.343. The Morgan fingerprint density at radius 2 is 1.59 bits per heavy atom. The van der Waals surface area contributed by atoms with Crippen LogP contribution in [0.2, 0.25) is 0 Å². The number of unbranched alkanes of at least 4 members (excludes halogenated alkanes) is 1. The van der Waals surface area contributed by atoms with E-state index in [1.165, 1.54) is 6.26 Å². The monoisotopic (exact) mass is 552 g/mol. The lowest BCUT2D eigenvalue weighted by Crippen LogP contribution is -2.43. The second-order valence-corrected chi connectivity index (χ2v) is 11.7. The normalized spacial score (nSPS) is 11.4. The van der Waals surface area contributed by atoms with Gasteiger partial charge in [-0.3, -0.25) is 14.4 Å². The highest BCUT2D eigenvalue weighted by atomic mass is 16.3. The first-order valence-corrected chi connectivity index (χ1v) is 14.3. The molecular weight excluding hydrogens is 512 g/mol. The summed E-state index contributed by atoms with van der Waals surface area (Å²) in [6.07, 6.45) is 3.12. The van der Waals surface area contributed by atoms with Gasteiger partial charge in [-0.05, 0) is 54.2 Å². The van der Waals surface area contributed by atoms with Crippen LogP contribution < -0.4 is 5.43 Å². The number of rotatable bonds is 10. The quantitative estimate of drug-likeness (QED) is 0.215. The van der Waals surface area contributed by atoms with Crippen molar-refractivity contribution in [1.29, 1.82) is 0 Å². The first kappa shape index (κ1) is 29.8. The first-order valence-electron chi connectivity index (χ1n) is 14.3. The summed E-state index contributed by atoms with van der Waals surface area (Å²) >= 11 is 0. The third kappa shape index (κ3) is 7.51. The smallest absolute Gasteiger partial charge is 0.254 e. The van der Waals surface area contributed by atoms with Crippen molar-refractivity contribution >= 4 is 22.8 Å². The molecule has 6 heteroatoms. The van der Waals surface area contributed by atoms with E-state index < -0.39 is 0 Å². The van der Waals surface area contributed by atoms with Crippen molar-refractivity contribution in [3.05, 3.63) is 117 Å². The van der Waals surface area contributed by atoms with E-state index in [1.54, 1.807) is 15.9 Å².